The van der Waals surface area contributed by atoms with Crippen LogP contribution in [0.5, 0.6) is 0 Å². The quantitative estimate of drug-likeness (QED) is 0.571. The third-order valence-electron chi connectivity index (χ3n) is 4.20. The molecule has 4 heteroatoms. The number of azo groups is 2. The Morgan fingerprint density at radius 3 is 2.12 bits per heavy atom. The van der Waals surface area contributed by atoms with Gasteiger partial charge in [-0.15, -0.1) is 4.70 Å². The highest BCUT2D eigenvalue weighted by molar-refractivity contribution is 4.78. The molecule has 0 aromatic carbocycles. The molecule has 2 saturated carbocycles. The van der Waals surface area contributed by atoms with Crippen molar-refractivity contribution in [3.8, 4) is 0 Å². The lowest BCUT2D eigenvalue weighted by atomic mass is 9.92. The number of likely N-dealkylation sites (N-methyl/N-ethyl adjacent to an activating group) is 1. The third-order valence-corrected chi connectivity index (χ3v) is 4.20. The second kappa shape index (κ2) is 5.91. The first-order chi connectivity index (χ1) is 8.18. The van der Waals surface area contributed by atoms with Gasteiger partial charge in [-0.2, -0.15) is 0 Å². The average molecular weight is 241 g/mol. The van der Waals surface area contributed by atoms with Crippen LogP contribution in [0.3, 0.4) is 0 Å². The van der Waals surface area contributed by atoms with Gasteiger partial charge in [0.2, 0.25) is 6.04 Å². The molecule has 0 bridgehead atoms. The fourth-order valence-corrected chi connectivity index (χ4v) is 3.07. The number of hydrogen-bond donors (Lipinski definition) is 2. The number of aliphatic hydroxyl groups is 2. The molecule has 2 aliphatic carbocycles. The fraction of sp³-hybridized carbons (Fsp3) is 1.00. The minimum Gasteiger partial charge on any atom is -0.391 e. The molecule has 0 spiro atoms. The maximum atomic E-state index is 9.97. The predicted molar refractivity (Wildman–Crippen MR) is 65.1 cm³/mol. The highest BCUT2D eigenvalue weighted by Crippen LogP contribution is 2.24. The van der Waals surface area contributed by atoms with E-state index in [9.17, 15) is 10.2 Å². The van der Waals surface area contributed by atoms with Crippen LogP contribution in [-0.2, 0) is 0 Å². The Balaban J connectivity index is 1.99. The van der Waals surface area contributed by atoms with E-state index in [1.807, 2.05) is 11.7 Å². The summed E-state index contributed by atoms with van der Waals surface area (Å²) < 4.78 is 1.92. The zero-order valence-electron chi connectivity index (χ0n) is 10.8. The minimum absolute atomic E-state index is 0.0443. The van der Waals surface area contributed by atoms with Crippen LogP contribution in [0.15, 0.2) is 5.11 Å². The van der Waals surface area contributed by atoms with E-state index >= 15 is 0 Å². The van der Waals surface area contributed by atoms with Crippen molar-refractivity contribution >= 4 is 0 Å². The lowest BCUT2D eigenvalue weighted by molar-refractivity contribution is -0.618. The molecule has 2 rings (SSSR count). The Morgan fingerprint density at radius 2 is 1.47 bits per heavy atom. The second-order valence-electron chi connectivity index (χ2n) is 5.53. The lowest BCUT2D eigenvalue weighted by Gasteiger charge is -2.25. The molecule has 0 saturated heterocycles. The van der Waals surface area contributed by atoms with Crippen LogP contribution in [0.4, 0.5) is 0 Å². The van der Waals surface area contributed by atoms with Gasteiger partial charge in [-0.3, -0.25) is 0 Å². The third kappa shape index (κ3) is 3.26. The van der Waals surface area contributed by atoms with Gasteiger partial charge >= 0.3 is 0 Å². The second-order valence-corrected chi connectivity index (χ2v) is 5.53. The summed E-state index contributed by atoms with van der Waals surface area (Å²) in [6.07, 6.45) is 7.79. The van der Waals surface area contributed by atoms with Crippen LogP contribution >= 0.6 is 0 Å². The van der Waals surface area contributed by atoms with Crippen molar-refractivity contribution in [3.05, 3.63) is 0 Å². The first kappa shape index (κ1) is 13.0. The van der Waals surface area contributed by atoms with E-state index in [1.54, 1.807) is 0 Å². The van der Waals surface area contributed by atoms with Crippen molar-refractivity contribution in [1.82, 2.24) is 0 Å². The van der Waals surface area contributed by atoms with Crippen LogP contribution < -0.4 is 0 Å². The van der Waals surface area contributed by atoms with E-state index in [0.717, 1.165) is 44.9 Å². The monoisotopic (exact) mass is 241 g/mol. The molecule has 0 aromatic heterocycles. The van der Waals surface area contributed by atoms with Gasteiger partial charge in [-0.25, -0.2) is 0 Å². The Morgan fingerprint density at radius 1 is 0.882 bits per heavy atom. The van der Waals surface area contributed by atoms with Gasteiger partial charge in [0.1, 0.15) is 12.1 Å². The van der Waals surface area contributed by atoms with Gasteiger partial charge in [0.05, 0.1) is 6.10 Å². The number of aliphatic hydroxyl groups excluding tert-OH is 2. The van der Waals surface area contributed by atoms with E-state index in [2.05, 4.69) is 5.11 Å². The van der Waals surface area contributed by atoms with Gasteiger partial charge in [0.25, 0.3) is 0 Å². The fourth-order valence-electron chi connectivity index (χ4n) is 3.07. The Bertz CT molecular complexity index is 281. The van der Waals surface area contributed by atoms with Crippen molar-refractivity contribution in [3.63, 3.8) is 0 Å². The summed E-state index contributed by atoms with van der Waals surface area (Å²) in [5.41, 5.74) is 0. The Kier molecular flexibility index (Phi) is 4.51. The van der Waals surface area contributed by atoms with Crippen molar-refractivity contribution in [2.75, 3.05) is 7.05 Å². The molecule has 0 aliphatic heterocycles. The van der Waals surface area contributed by atoms with Crippen molar-refractivity contribution in [2.45, 2.75) is 75.7 Å². The van der Waals surface area contributed by atoms with Crippen LogP contribution in [0.1, 0.15) is 51.4 Å². The normalized spacial score (nSPS) is 40.3. The molecule has 4 nitrogen and oxygen atoms in total. The summed E-state index contributed by atoms with van der Waals surface area (Å²) in [5, 5.41) is 24.5. The summed E-state index contributed by atoms with van der Waals surface area (Å²) in [6, 6.07) is 0.195. The van der Waals surface area contributed by atoms with E-state index < -0.39 is 0 Å². The molecule has 2 aliphatic rings. The highest BCUT2D eigenvalue weighted by atomic mass is 16.3. The molecule has 4 unspecified atom stereocenters. The van der Waals surface area contributed by atoms with Gasteiger partial charge in [0, 0.05) is 6.42 Å². The summed E-state index contributed by atoms with van der Waals surface area (Å²) in [6.45, 7) is 0. The summed E-state index contributed by atoms with van der Waals surface area (Å²) in [7, 11) is 1.94. The molecule has 2 N–H and O–H groups in total. The first-order valence-electron chi connectivity index (χ1n) is 6.98. The van der Waals surface area contributed by atoms with Crippen LogP contribution in [0.25, 0.3) is 0 Å². The van der Waals surface area contributed by atoms with Crippen LogP contribution in [-0.4, -0.2) is 46.2 Å². The van der Waals surface area contributed by atoms with E-state index in [4.69, 9.17) is 0 Å². The average Bonchev–Trinajstić information content (AvgIpc) is 2.32. The predicted octanol–water partition coefficient (Wildman–Crippen LogP) is 1.69. The maximum Gasteiger partial charge on any atom is 0.203 e. The largest absolute Gasteiger partial charge is 0.391 e. The summed E-state index contributed by atoms with van der Waals surface area (Å²) >= 11 is 0. The maximum absolute atomic E-state index is 9.97. The minimum atomic E-state index is -0.285. The highest BCUT2D eigenvalue weighted by Gasteiger charge is 2.33. The molecular weight excluding hydrogens is 216 g/mol. The molecular formula is C13H25N2O2+. The number of hydrogen-bond acceptors (Lipinski definition) is 3. The van der Waals surface area contributed by atoms with Gasteiger partial charge in [0.15, 0.2) is 7.05 Å². The van der Waals surface area contributed by atoms with E-state index in [1.165, 1.54) is 6.42 Å². The first-order valence-corrected chi connectivity index (χ1v) is 6.98. The molecule has 0 radical (unpaired) electrons. The molecule has 0 heterocycles. The number of rotatable bonds is 2. The summed E-state index contributed by atoms with van der Waals surface area (Å²) in [4.78, 5) is 0. The molecule has 98 valence electrons. The zero-order chi connectivity index (χ0) is 12.3. The Labute approximate surface area is 103 Å². The molecule has 2 fully saturated rings. The van der Waals surface area contributed by atoms with Gasteiger partial charge in [-0.1, -0.05) is 19.3 Å². The van der Waals surface area contributed by atoms with Crippen molar-refractivity contribution in [2.24, 2.45) is 5.11 Å². The van der Waals surface area contributed by atoms with Crippen LogP contribution in [0.2, 0.25) is 0 Å². The van der Waals surface area contributed by atoms with Crippen molar-refractivity contribution in [1.29, 1.82) is 0 Å². The molecule has 4 atom stereocenters. The van der Waals surface area contributed by atoms with Gasteiger partial charge in [-0.05, 0) is 30.8 Å². The molecule has 0 aromatic rings. The zero-order valence-corrected chi connectivity index (χ0v) is 10.8. The standard InChI is InChI=1S/C13H25N2O2/c1-15(11-7-3-5-9-13(11)17)14-10-6-2-4-8-12(10)16/h10-13,16-17H,2-9H2,1H3/q+1. The molecule has 0 amide bonds. The SMILES string of the molecule is C[N+](=NC1CCCCC1O)C1CCCCC1O. The summed E-state index contributed by atoms with van der Waals surface area (Å²) in [5.74, 6) is 0. The van der Waals surface area contributed by atoms with E-state index in [0.29, 0.717) is 0 Å². The topological polar surface area (TPSA) is 55.8 Å². The van der Waals surface area contributed by atoms with Crippen molar-refractivity contribution < 1.29 is 14.9 Å². The lowest BCUT2D eigenvalue weighted by Crippen LogP contribution is -2.39. The van der Waals surface area contributed by atoms with E-state index in [-0.39, 0.29) is 24.3 Å². The molecule has 17 heavy (non-hydrogen) atoms. The number of nitrogens with zero attached hydrogens (tertiary/aromatic N) is 2. The van der Waals surface area contributed by atoms with Crippen LogP contribution in [0, 0.1) is 0 Å². The smallest absolute Gasteiger partial charge is 0.203 e. The van der Waals surface area contributed by atoms with Gasteiger partial charge < -0.3 is 10.2 Å². The Hall–Kier alpha value is -0.480.